The molecule has 0 rings (SSSR count). The van der Waals surface area contributed by atoms with Crippen LogP contribution in [0.3, 0.4) is 0 Å². The number of nitrogens with two attached hydrogens (primary N) is 1. The third-order valence-electron chi connectivity index (χ3n) is 2.32. The Bertz CT molecular complexity index is 343. The largest absolute Gasteiger partial charge is 0.459 e. The lowest BCUT2D eigenvalue weighted by atomic mass is 10.1. The van der Waals surface area contributed by atoms with Crippen LogP contribution in [0.15, 0.2) is 0 Å². The quantitative estimate of drug-likeness (QED) is 0.580. The summed E-state index contributed by atoms with van der Waals surface area (Å²) in [5, 5.41) is 2.66. The van der Waals surface area contributed by atoms with Gasteiger partial charge in [-0.3, -0.25) is 4.79 Å². The smallest absolute Gasteiger partial charge is 0.407 e. The minimum Gasteiger partial charge on any atom is -0.459 e. The number of nitrogens with one attached hydrogen (secondary N) is 1. The second-order valence-electron chi connectivity index (χ2n) is 7.06. The highest BCUT2D eigenvalue weighted by Gasteiger charge is 2.21. The summed E-state index contributed by atoms with van der Waals surface area (Å²) in [6.45, 7) is 11.4. The van der Waals surface area contributed by atoms with E-state index in [-0.39, 0.29) is 5.97 Å². The number of alkyl carbamates (subject to hydrolysis) is 1. The number of hydrogen-bond donors (Lipinski definition) is 2. The van der Waals surface area contributed by atoms with E-state index in [0.717, 1.165) is 12.8 Å². The number of esters is 1. The number of carbonyl (C=O) groups excluding carboxylic acids is 2. The highest BCUT2D eigenvalue weighted by molar-refractivity contribution is 5.75. The third-order valence-corrected chi connectivity index (χ3v) is 2.32. The molecule has 0 spiro atoms. The van der Waals surface area contributed by atoms with Gasteiger partial charge in [-0.05, 0) is 60.8 Å². The summed E-state index contributed by atoms with van der Waals surface area (Å²) in [4.78, 5) is 23.0. The fourth-order valence-corrected chi connectivity index (χ4v) is 1.49. The third kappa shape index (κ3) is 12.2. The van der Waals surface area contributed by atoms with E-state index in [1.807, 2.05) is 41.5 Å². The lowest BCUT2D eigenvalue weighted by Gasteiger charge is -2.22. The Morgan fingerprint density at radius 1 is 1.00 bits per heavy atom. The molecule has 124 valence electrons. The number of carbonyl (C=O) groups is 2. The molecule has 0 aliphatic carbocycles. The first-order valence-corrected chi connectivity index (χ1v) is 7.36. The van der Waals surface area contributed by atoms with Crippen molar-refractivity contribution in [3.05, 3.63) is 0 Å². The molecule has 0 bridgehead atoms. The Hall–Kier alpha value is -1.30. The van der Waals surface area contributed by atoms with Crippen LogP contribution in [0.25, 0.3) is 0 Å². The summed E-state index contributed by atoms with van der Waals surface area (Å²) < 4.78 is 10.3. The van der Waals surface area contributed by atoms with Gasteiger partial charge in [0.15, 0.2) is 0 Å². The van der Waals surface area contributed by atoms with Crippen molar-refractivity contribution in [2.75, 3.05) is 6.54 Å². The molecule has 6 nitrogen and oxygen atoms in total. The maximum Gasteiger partial charge on any atom is 0.407 e. The molecule has 0 saturated carbocycles. The van der Waals surface area contributed by atoms with E-state index in [2.05, 4.69) is 5.32 Å². The maximum absolute atomic E-state index is 11.7. The van der Waals surface area contributed by atoms with Crippen LogP contribution in [0.5, 0.6) is 0 Å². The predicted molar refractivity (Wildman–Crippen MR) is 81.9 cm³/mol. The van der Waals surface area contributed by atoms with Crippen LogP contribution in [0.4, 0.5) is 4.79 Å². The first-order chi connectivity index (χ1) is 9.41. The van der Waals surface area contributed by atoms with Gasteiger partial charge in [0.2, 0.25) is 0 Å². The van der Waals surface area contributed by atoms with Gasteiger partial charge < -0.3 is 20.5 Å². The van der Waals surface area contributed by atoms with Gasteiger partial charge in [0.1, 0.15) is 17.2 Å². The zero-order valence-corrected chi connectivity index (χ0v) is 14.1. The Morgan fingerprint density at radius 3 is 2.00 bits per heavy atom. The molecule has 0 aromatic carbocycles. The summed E-state index contributed by atoms with van der Waals surface area (Å²) >= 11 is 0. The molecule has 0 saturated heterocycles. The van der Waals surface area contributed by atoms with Crippen molar-refractivity contribution >= 4 is 12.1 Å². The highest BCUT2D eigenvalue weighted by Crippen LogP contribution is 2.10. The lowest BCUT2D eigenvalue weighted by molar-refractivity contribution is -0.156. The number of amides is 1. The van der Waals surface area contributed by atoms with Crippen LogP contribution in [0, 0.1) is 0 Å². The van der Waals surface area contributed by atoms with Crippen molar-refractivity contribution in [3.8, 4) is 0 Å². The minimum atomic E-state index is -0.620. The van der Waals surface area contributed by atoms with E-state index in [4.69, 9.17) is 15.2 Å². The first-order valence-electron chi connectivity index (χ1n) is 7.36. The number of unbranched alkanes of at least 4 members (excludes halogenated alkanes) is 1. The molecule has 0 aliphatic rings. The number of hydrogen-bond acceptors (Lipinski definition) is 5. The molecular formula is C15H30N2O4. The summed E-state index contributed by atoms with van der Waals surface area (Å²) in [5.41, 5.74) is 4.75. The van der Waals surface area contributed by atoms with E-state index < -0.39 is 23.3 Å². The van der Waals surface area contributed by atoms with Crippen molar-refractivity contribution in [2.24, 2.45) is 5.73 Å². The summed E-state index contributed by atoms with van der Waals surface area (Å²) in [6, 6.07) is -0.620. The summed E-state index contributed by atoms with van der Waals surface area (Å²) in [7, 11) is 0. The Kier molecular flexibility index (Phi) is 7.71. The van der Waals surface area contributed by atoms with E-state index in [1.54, 1.807) is 0 Å². The molecular weight excluding hydrogens is 272 g/mol. The van der Waals surface area contributed by atoms with Crippen molar-refractivity contribution in [1.29, 1.82) is 0 Å². The highest BCUT2D eigenvalue weighted by atomic mass is 16.6. The lowest BCUT2D eigenvalue weighted by Crippen LogP contribution is -2.37. The second-order valence-corrected chi connectivity index (χ2v) is 7.06. The summed E-state index contributed by atoms with van der Waals surface area (Å²) in [5.74, 6) is -0.386. The monoisotopic (exact) mass is 302 g/mol. The molecule has 0 aromatic rings. The van der Waals surface area contributed by atoms with Gasteiger partial charge in [0, 0.05) is 6.54 Å². The number of rotatable bonds is 6. The van der Waals surface area contributed by atoms with Crippen LogP contribution < -0.4 is 11.1 Å². The van der Waals surface area contributed by atoms with E-state index in [0.29, 0.717) is 13.0 Å². The Labute approximate surface area is 127 Å². The van der Waals surface area contributed by atoms with Crippen molar-refractivity contribution in [1.82, 2.24) is 5.32 Å². The van der Waals surface area contributed by atoms with E-state index >= 15 is 0 Å². The van der Waals surface area contributed by atoms with Crippen molar-refractivity contribution < 1.29 is 19.1 Å². The first kappa shape index (κ1) is 19.7. The molecule has 6 heteroatoms. The summed E-state index contributed by atoms with van der Waals surface area (Å²) in [6.07, 6.45) is 1.57. The fraction of sp³-hybridized carbons (Fsp3) is 0.867. The molecule has 1 amide bonds. The molecule has 0 radical (unpaired) electrons. The zero-order valence-electron chi connectivity index (χ0n) is 14.1. The van der Waals surface area contributed by atoms with Gasteiger partial charge in [-0.1, -0.05) is 0 Å². The molecule has 0 aliphatic heterocycles. The van der Waals surface area contributed by atoms with Gasteiger partial charge in [-0.15, -0.1) is 0 Å². The van der Waals surface area contributed by atoms with E-state index in [9.17, 15) is 9.59 Å². The van der Waals surface area contributed by atoms with Gasteiger partial charge in [-0.25, -0.2) is 4.79 Å². The van der Waals surface area contributed by atoms with Gasteiger partial charge in [0.05, 0.1) is 0 Å². The average molecular weight is 302 g/mol. The van der Waals surface area contributed by atoms with Gasteiger partial charge >= 0.3 is 12.1 Å². The van der Waals surface area contributed by atoms with Crippen LogP contribution >= 0.6 is 0 Å². The van der Waals surface area contributed by atoms with Crippen molar-refractivity contribution in [2.45, 2.75) is 78.0 Å². The second kappa shape index (κ2) is 8.22. The molecule has 0 unspecified atom stereocenters. The average Bonchev–Trinajstić information content (AvgIpc) is 2.23. The van der Waals surface area contributed by atoms with Gasteiger partial charge in [0.25, 0.3) is 0 Å². The van der Waals surface area contributed by atoms with Crippen LogP contribution in [0.2, 0.25) is 0 Å². The molecule has 0 aromatic heterocycles. The van der Waals surface area contributed by atoms with E-state index in [1.165, 1.54) is 0 Å². The molecule has 0 fully saturated rings. The van der Waals surface area contributed by atoms with Crippen LogP contribution in [-0.4, -0.2) is 35.9 Å². The molecule has 3 N–H and O–H groups in total. The molecule has 1 atom stereocenters. The molecule has 0 heterocycles. The maximum atomic E-state index is 11.7. The standard InChI is InChI=1S/C15H30N2O4/c1-14(2,3)20-12(18)11(16)9-7-8-10-17-13(19)21-15(4,5)6/h11H,7-10,16H2,1-6H3,(H,17,19)/t11-/m1/s1. The molecule has 21 heavy (non-hydrogen) atoms. The minimum absolute atomic E-state index is 0.386. The predicted octanol–water partition coefficient (Wildman–Crippen LogP) is 2.35. The normalized spacial score (nSPS) is 13.5. The fourth-order valence-electron chi connectivity index (χ4n) is 1.49. The van der Waals surface area contributed by atoms with Crippen LogP contribution in [0.1, 0.15) is 60.8 Å². The number of ether oxygens (including phenoxy) is 2. The van der Waals surface area contributed by atoms with Gasteiger partial charge in [-0.2, -0.15) is 0 Å². The van der Waals surface area contributed by atoms with Crippen molar-refractivity contribution in [3.63, 3.8) is 0 Å². The SMILES string of the molecule is CC(C)(C)OC(=O)NCCCC[C@@H](N)C(=O)OC(C)(C)C. The topological polar surface area (TPSA) is 90.6 Å². The Balaban J connectivity index is 3.76. The zero-order chi connectivity index (χ0) is 16.7. The Morgan fingerprint density at radius 2 is 1.52 bits per heavy atom. The van der Waals surface area contributed by atoms with Crippen LogP contribution in [-0.2, 0) is 14.3 Å².